The number of allylic oxidation sites excluding steroid dienone is 2. The van der Waals surface area contributed by atoms with E-state index in [9.17, 15) is 31.1 Å². The van der Waals surface area contributed by atoms with Crippen LogP contribution in [0.5, 0.6) is 5.75 Å². The summed E-state index contributed by atoms with van der Waals surface area (Å²) in [5.41, 5.74) is -1.03. The number of rotatable bonds is 9. The first-order valence-electron chi connectivity index (χ1n) is 13.5. The number of carbonyl (C=O) groups is 1. The van der Waals surface area contributed by atoms with E-state index >= 15 is 4.39 Å². The van der Waals surface area contributed by atoms with E-state index in [1.165, 1.54) is 18.6 Å². The number of ether oxygens (including phenoxy) is 1. The molecule has 41 heavy (non-hydrogen) atoms. The predicted octanol–water partition coefficient (Wildman–Crippen LogP) is 9.71. The molecule has 1 aliphatic carbocycles. The topological polar surface area (TPSA) is 26.3 Å². The van der Waals surface area contributed by atoms with Crippen LogP contribution in [-0.4, -0.2) is 12.4 Å². The molecule has 9 heteroatoms. The molecule has 3 aromatic carbocycles. The number of hydrogen-bond acceptors (Lipinski definition) is 2. The Morgan fingerprint density at radius 3 is 2.07 bits per heavy atom. The highest BCUT2D eigenvalue weighted by Crippen LogP contribution is 2.39. The first-order chi connectivity index (χ1) is 19.6. The summed E-state index contributed by atoms with van der Waals surface area (Å²) in [7, 11) is 0. The van der Waals surface area contributed by atoms with Gasteiger partial charge in [-0.3, -0.25) is 0 Å². The lowest BCUT2D eigenvalue weighted by molar-refractivity contribution is 0.0723. The zero-order valence-electron chi connectivity index (χ0n) is 22.3. The zero-order chi connectivity index (χ0) is 29.7. The minimum atomic E-state index is -2.80. The molecule has 0 N–H and O–H groups in total. The predicted molar refractivity (Wildman–Crippen MR) is 142 cm³/mol. The molecule has 4 rings (SSSR count). The SMILES string of the molecule is CCCC1CCC(c2ccc(-c3cc(F)c(C(=O)Oc4cc(F)c(CC=CC(F)F)c(F)c4)c(F)c3)c(F)c2)CC1. The summed E-state index contributed by atoms with van der Waals surface area (Å²) < 4.78 is 103. The van der Waals surface area contributed by atoms with Gasteiger partial charge in [0.2, 0.25) is 0 Å². The Hall–Kier alpha value is -3.62. The fraction of sp³-hybridized carbons (Fsp3) is 0.344. The third-order valence-electron chi connectivity index (χ3n) is 7.49. The third-order valence-corrected chi connectivity index (χ3v) is 7.49. The van der Waals surface area contributed by atoms with E-state index in [1.54, 1.807) is 6.07 Å². The summed E-state index contributed by atoms with van der Waals surface area (Å²) in [6.07, 6.45) is 4.44. The van der Waals surface area contributed by atoms with Crippen molar-refractivity contribution in [1.29, 1.82) is 0 Å². The first kappa shape index (κ1) is 30.3. The summed E-state index contributed by atoms with van der Waals surface area (Å²) in [5, 5.41) is 0. The molecule has 3 aromatic rings. The molecule has 0 spiro atoms. The van der Waals surface area contributed by atoms with Crippen molar-refractivity contribution >= 4 is 5.97 Å². The summed E-state index contributed by atoms with van der Waals surface area (Å²) >= 11 is 0. The average molecular weight is 579 g/mol. The van der Waals surface area contributed by atoms with Crippen LogP contribution in [0, 0.1) is 35.0 Å². The van der Waals surface area contributed by atoms with E-state index in [0.29, 0.717) is 24.1 Å². The van der Waals surface area contributed by atoms with Crippen molar-refractivity contribution in [3.8, 4) is 16.9 Å². The second-order valence-electron chi connectivity index (χ2n) is 10.3. The van der Waals surface area contributed by atoms with Gasteiger partial charge in [0.05, 0.1) is 0 Å². The number of hydrogen-bond donors (Lipinski definition) is 0. The first-order valence-corrected chi connectivity index (χ1v) is 13.5. The van der Waals surface area contributed by atoms with Gasteiger partial charge in [0.1, 0.15) is 40.4 Å². The van der Waals surface area contributed by atoms with Crippen LogP contribution in [0.25, 0.3) is 11.1 Å². The van der Waals surface area contributed by atoms with Crippen molar-refractivity contribution < 1.29 is 40.3 Å². The lowest BCUT2D eigenvalue weighted by Crippen LogP contribution is -2.14. The van der Waals surface area contributed by atoms with Crippen LogP contribution in [0.4, 0.5) is 30.7 Å². The van der Waals surface area contributed by atoms with Crippen molar-refractivity contribution in [3.63, 3.8) is 0 Å². The normalized spacial score (nSPS) is 17.4. The Labute approximate surface area is 233 Å². The Morgan fingerprint density at radius 2 is 1.51 bits per heavy atom. The van der Waals surface area contributed by atoms with Gasteiger partial charge in [-0.05, 0) is 79.3 Å². The number of carbonyl (C=O) groups excluding carboxylic acids is 1. The lowest BCUT2D eigenvalue weighted by Gasteiger charge is -2.28. The Morgan fingerprint density at radius 1 is 0.878 bits per heavy atom. The van der Waals surface area contributed by atoms with Gasteiger partial charge in [0.25, 0.3) is 6.43 Å². The smallest absolute Gasteiger partial charge is 0.349 e. The van der Waals surface area contributed by atoms with Crippen LogP contribution in [-0.2, 0) is 6.42 Å². The van der Waals surface area contributed by atoms with Gasteiger partial charge in [-0.25, -0.2) is 35.5 Å². The van der Waals surface area contributed by atoms with E-state index in [0.717, 1.165) is 55.9 Å². The van der Waals surface area contributed by atoms with E-state index in [4.69, 9.17) is 4.74 Å². The quantitative estimate of drug-likeness (QED) is 0.109. The molecule has 1 fully saturated rings. The minimum Gasteiger partial charge on any atom is -0.423 e. The van der Waals surface area contributed by atoms with E-state index in [2.05, 4.69) is 6.92 Å². The molecular weight excluding hydrogens is 549 g/mol. The van der Waals surface area contributed by atoms with Gasteiger partial charge in [-0.15, -0.1) is 0 Å². The van der Waals surface area contributed by atoms with Crippen molar-refractivity contribution in [2.45, 2.75) is 64.2 Å². The maximum Gasteiger partial charge on any atom is 0.349 e. The summed E-state index contributed by atoms with van der Waals surface area (Å²) in [4.78, 5) is 12.5. The van der Waals surface area contributed by atoms with Crippen LogP contribution in [0.2, 0.25) is 0 Å². The third kappa shape index (κ3) is 7.37. The molecule has 0 radical (unpaired) electrons. The second kappa shape index (κ2) is 13.4. The van der Waals surface area contributed by atoms with Gasteiger partial charge in [0.15, 0.2) is 0 Å². The summed E-state index contributed by atoms with van der Waals surface area (Å²) in [6, 6.07) is 7.36. The van der Waals surface area contributed by atoms with Gasteiger partial charge in [-0.2, -0.15) is 0 Å². The molecule has 0 bridgehead atoms. The van der Waals surface area contributed by atoms with Gasteiger partial charge in [-0.1, -0.05) is 38.0 Å². The standard InChI is InChI=1S/C32H29F7O2/c1-2-4-18-7-9-19(10-8-18)20-11-12-23(25(33)13-20)21-14-28(36)31(29(37)15-21)32(40)41-22-16-26(34)24(27(35)17-22)5-3-6-30(38)39/h3,6,11-19,30H,2,4-5,7-10H2,1H3. The average Bonchev–Trinajstić information content (AvgIpc) is 2.90. The van der Waals surface area contributed by atoms with Crippen LogP contribution in [0.1, 0.15) is 72.9 Å². The molecule has 218 valence electrons. The monoisotopic (exact) mass is 578 g/mol. The van der Waals surface area contributed by atoms with Gasteiger partial charge >= 0.3 is 5.97 Å². The van der Waals surface area contributed by atoms with Crippen molar-refractivity contribution in [2.24, 2.45) is 5.92 Å². The summed E-state index contributed by atoms with van der Waals surface area (Å²) in [6.45, 7) is 2.16. The zero-order valence-corrected chi connectivity index (χ0v) is 22.3. The van der Waals surface area contributed by atoms with Gasteiger partial charge in [0, 0.05) is 23.3 Å². The van der Waals surface area contributed by atoms with Crippen LogP contribution < -0.4 is 4.74 Å². The molecule has 1 aliphatic rings. The van der Waals surface area contributed by atoms with E-state index in [1.807, 2.05) is 0 Å². The lowest BCUT2D eigenvalue weighted by atomic mass is 9.77. The second-order valence-corrected chi connectivity index (χ2v) is 10.3. The van der Waals surface area contributed by atoms with Crippen LogP contribution in [0.3, 0.4) is 0 Å². The largest absolute Gasteiger partial charge is 0.423 e. The highest BCUT2D eigenvalue weighted by atomic mass is 19.3. The molecule has 2 nitrogen and oxygen atoms in total. The molecule has 1 saturated carbocycles. The van der Waals surface area contributed by atoms with Crippen molar-refractivity contribution in [2.75, 3.05) is 0 Å². The molecule has 0 atom stereocenters. The highest BCUT2D eigenvalue weighted by Gasteiger charge is 2.25. The van der Waals surface area contributed by atoms with Crippen LogP contribution >= 0.6 is 0 Å². The molecular formula is C32H29F7O2. The number of benzene rings is 3. The van der Waals surface area contributed by atoms with Crippen LogP contribution in [0.15, 0.2) is 54.6 Å². The molecule has 0 amide bonds. The maximum atomic E-state index is 15.1. The molecule has 0 heterocycles. The summed E-state index contributed by atoms with van der Waals surface area (Å²) in [5.74, 6) is -7.08. The number of halogens is 7. The Kier molecular flexibility index (Phi) is 9.89. The van der Waals surface area contributed by atoms with Gasteiger partial charge < -0.3 is 4.74 Å². The fourth-order valence-electron chi connectivity index (χ4n) is 5.42. The van der Waals surface area contributed by atoms with Crippen molar-refractivity contribution in [1.82, 2.24) is 0 Å². The minimum absolute atomic E-state index is 0.0493. The van der Waals surface area contributed by atoms with E-state index < -0.39 is 64.8 Å². The van der Waals surface area contributed by atoms with E-state index in [-0.39, 0.29) is 17.0 Å². The molecule has 0 aromatic heterocycles. The van der Waals surface area contributed by atoms with Crippen molar-refractivity contribution in [3.05, 3.63) is 100 Å². The maximum absolute atomic E-state index is 15.1. The Balaban J connectivity index is 1.49. The molecule has 0 saturated heterocycles. The molecule has 0 aliphatic heterocycles. The Bertz CT molecular complexity index is 1380. The molecule has 0 unspecified atom stereocenters. The fourth-order valence-corrected chi connectivity index (χ4v) is 5.42. The number of alkyl halides is 2. The highest BCUT2D eigenvalue weighted by molar-refractivity contribution is 5.92. The number of esters is 1.